The van der Waals surface area contributed by atoms with Crippen molar-refractivity contribution in [2.75, 3.05) is 12.8 Å². The van der Waals surface area contributed by atoms with Crippen molar-refractivity contribution in [2.45, 2.75) is 76.0 Å². The summed E-state index contributed by atoms with van der Waals surface area (Å²) in [5.41, 5.74) is 7.79. The van der Waals surface area contributed by atoms with Crippen LogP contribution in [0.5, 0.6) is 0 Å². The summed E-state index contributed by atoms with van der Waals surface area (Å²) in [6, 6.07) is 2.06. The lowest BCUT2D eigenvalue weighted by Gasteiger charge is -2.35. The largest absolute Gasteiger partial charge is 0.383 e. The molecule has 3 N–H and O–H groups in total. The number of hydrogen-bond donors (Lipinski definition) is 2. The highest BCUT2D eigenvalue weighted by Crippen LogP contribution is 2.38. The summed E-state index contributed by atoms with van der Waals surface area (Å²) in [6.07, 6.45) is 10.1. The predicted octanol–water partition coefficient (Wildman–Crippen LogP) is 2.87. The fourth-order valence-electron chi connectivity index (χ4n) is 5.04. The van der Waals surface area contributed by atoms with Gasteiger partial charge in [0.1, 0.15) is 16.5 Å². The SMILES string of the molecule is CN(Cc1nc(N)c2c3c(sc2n1)CCCC3)C1CC2CCC(C1)N2. The molecule has 2 saturated heterocycles. The van der Waals surface area contributed by atoms with E-state index < -0.39 is 0 Å². The van der Waals surface area contributed by atoms with Gasteiger partial charge in [0, 0.05) is 23.0 Å². The van der Waals surface area contributed by atoms with E-state index >= 15 is 0 Å². The molecular formula is C19H27N5S. The highest BCUT2D eigenvalue weighted by atomic mass is 32.1. The Bertz CT molecular complexity index is 789. The molecular weight excluding hydrogens is 330 g/mol. The van der Waals surface area contributed by atoms with E-state index in [1.165, 1.54) is 55.4 Å². The van der Waals surface area contributed by atoms with Crippen molar-refractivity contribution in [1.29, 1.82) is 0 Å². The fourth-order valence-corrected chi connectivity index (χ4v) is 6.33. The van der Waals surface area contributed by atoms with Crippen LogP contribution in [0.25, 0.3) is 10.2 Å². The number of nitrogens with two attached hydrogens (primary N) is 1. The topological polar surface area (TPSA) is 67.1 Å². The van der Waals surface area contributed by atoms with Gasteiger partial charge < -0.3 is 11.1 Å². The molecule has 0 spiro atoms. The van der Waals surface area contributed by atoms with Crippen LogP contribution in [-0.4, -0.2) is 40.0 Å². The van der Waals surface area contributed by atoms with Gasteiger partial charge in [-0.15, -0.1) is 11.3 Å². The molecule has 2 fully saturated rings. The second-order valence-corrected chi connectivity index (χ2v) is 9.18. The number of piperidine rings is 1. The van der Waals surface area contributed by atoms with Crippen molar-refractivity contribution in [3.8, 4) is 0 Å². The van der Waals surface area contributed by atoms with Crippen molar-refractivity contribution in [3.05, 3.63) is 16.3 Å². The summed E-state index contributed by atoms with van der Waals surface area (Å²) < 4.78 is 0. The predicted molar refractivity (Wildman–Crippen MR) is 103 cm³/mol. The normalized spacial score (nSPS) is 28.6. The molecule has 0 amide bonds. The minimum absolute atomic E-state index is 0.635. The third kappa shape index (κ3) is 2.84. The minimum atomic E-state index is 0.635. The van der Waals surface area contributed by atoms with Gasteiger partial charge >= 0.3 is 0 Å². The van der Waals surface area contributed by atoms with E-state index in [9.17, 15) is 0 Å². The zero-order chi connectivity index (χ0) is 17.0. The van der Waals surface area contributed by atoms with Crippen LogP contribution in [0.3, 0.4) is 0 Å². The van der Waals surface area contributed by atoms with Gasteiger partial charge in [0.15, 0.2) is 0 Å². The first-order valence-corrected chi connectivity index (χ1v) is 10.5. The van der Waals surface area contributed by atoms with Crippen molar-refractivity contribution in [1.82, 2.24) is 20.2 Å². The Kier molecular flexibility index (Phi) is 3.95. The lowest BCUT2D eigenvalue weighted by molar-refractivity contribution is 0.163. The molecule has 4 heterocycles. The van der Waals surface area contributed by atoms with Crippen LogP contribution < -0.4 is 11.1 Å². The summed E-state index contributed by atoms with van der Waals surface area (Å²) >= 11 is 1.84. The molecule has 25 heavy (non-hydrogen) atoms. The van der Waals surface area contributed by atoms with Crippen molar-refractivity contribution >= 4 is 27.4 Å². The van der Waals surface area contributed by atoms with Gasteiger partial charge in [-0.05, 0) is 64.0 Å². The summed E-state index contributed by atoms with van der Waals surface area (Å²) in [5.74, 6) is 1.58. The van der Waals surface area contributed by atoms with Crippen LogP contribution in [0.15, 0.2) is 0 Å². The Hall–Kier alpha value is -1.24. The molecule has 5 rings (SSSR count). The van der Waals surface area contributed by atoms with Crippen LogP contribution in [0.2, 0.25) is 0 Å². The van der Waals surface area contributed by atoms with E-state index in [-0.39, 0.29) is 0 Å². The second-order valence-electron chi connectivity index (χ2n) is 8.09. The Morgan fingerprint density at radius 3 is 2.72 bits per heavy atom. The Morgan fingerprint density at radius 2 is 1.92 bits per heavy atom. The van der Waals surface area contributed by atoms with Gasteiger partial charge in [-0.25, -0.2) is 9.97 Å². The first-order chi connectivity index (χ1) is 12.2. The summed E-state index contributed by atoms with van der Waals surface area (Å²) in [5, 5.41) is 4.87. The Balaban J connectivity index is 1.39. The third-order valence-electron chi connectivity index (χ3n) is 6.35. The van der Waals surface area contributed by atoms with E-state index in [0.717, 1.165) is 29.0 Å². The number of anilines is 1. The monoisotopic (exact) mass is 357 g/mol. The van der Waals surface area contributed by atoms with Gasteiger partial charge in [0.2, 0.25) is 0 Å². The van der Waals surface area contributed by atoms with Crippen LogP contribution in [-0.2, 0) is 19.4 Å². The van der Waals surface area contributed by atoms with E-state index in [1.54, 1.807) is 0 Å². The molecule has 0 aromatic carbocycles. The van der Waals surface area contributed by atoms with Gasteiger partial charge in [0.25, 0.3) is 0 Å². The first kappa shape index (κ1) is 16.0. The smallest absolute Gasteiger partial charge is 0.146 e. The number of thiophene rings is 1. The average molecular weight is 358 g/mol. The zero-order valence-electron chi connectivity index (χ0n) is 14.9. The fraction of sp³-hybridized carbons (Fsp3) is 0.684. The quantitative estimate of drug-likeness (QED) is 0.884. The number of nitrogens with one attached hydrogen (secondary N) is 1. The lowest BCUT2D eigenvalue weighted by Crippen LogP contribution is -2.46. The van der Waals surface area contributed by atoms with Gasteiger partial charge in [0.05, 0.1) is 11.9 Å². The van der Waals surface area contributed by atoms with E-state index in [2.05, 4.69) is 22.2 Å². The summed E-state index contributed by atoms with van der Waals surface area (Å²) in [6.45, 7) is 0.798. The van der Waals surface area contributed by atoms with Crippen LogP contribution in [0.1, 0.15) is 54.8 Å². The highest BCUT2D eigenvalue weighted by Gasteiger charge is 2.35. The van der Waals surface area contributed by atoms with Gasteiger partial charge in [-0.2, -0.15) is 0 Å². The molecule has 2 aromatic rings. The number of fused-ring (bicyclic) bond motifs is 5. The Morgan fingerprint density at radius 1 is 1.16 bits per heavy atom. The molecule has 3 aliphatic rings. The maximum atomic E-state index is 6.36. The van der Waals surface area contributed by atoms with Crippen LogP contribution >= 0.6 is 11.3 Å². The maximum absolute atomic E-state index is 6.36. The summed E-state index contributed by atoms with van der Waals surface area (Å²) in [7, 11) is 2.22. The highest BCUT2D eigenvalue weighted by molar-refractivity contribution is 7.19. The van der Waals surface area contributed by atoms with Crippen molar-refractivity contribution in [3.63, 3.8) is 0 Å². The molecule has 1 aliphatic carbocycles. The van der Waals surface area contributed by atoms with E-state index in [1.807, 2.05) is 11.3 Å². The zero-order valence-corrected chi connectivity index (χ0v) is 15.7. The lowest BCUT2D eigenvalue weighted by atomic mass is 9.97. The van der Waals surface area contributed by atoms with Gasteiger partial charge in [-0.3, -0.25) is 4.90 Å². The molecule has 5 nitrogen and oxygen atoms in total. The summed E-state index contributed by atoms with van der Waals surface area (Å²) in [4.78, 5) is 14.6. The van der Waals surface area contributed by atoms with E-state index in [0.29, 0.717) is 23.9 Å². The van der Waals surface area contributed by atoms with Crippen LogP contribution in [0.4, 0.5) is 5.82 Å². The molecule has 134 valence electrons. The van der Waals surface area contributed by atoms with Crippen LogP contribution in [0, 0.1) is 0 Å². The number of rotatable bonds is 3. The maximum Gasteiger partial charge on any atom is 0.146 e. The van der Waals surface area contributed by atoms with Crippen molar-refractivity contribution < 1.29 is 0 Å². The molecule has 2 aliphatic heterocycles. The number of nitrogens with zero attached hydrogens (tertiary/aromatic N) is 3. The number of hydrogen-bond acceptors (Lipinski definition) is 6. The number of aromatic nitrogens is 2. The molecule has 2 atom stereocenters. The number of nitrogen functional groups attached to an aromatic ring is 1. The average Bonchev–Trinajstić information content (AvgIpc) is 3.14. The molecule has 6 heteroatoms. The number of aryl methyl sites for hydroxylation is 2. The van der Waals surface area contributed by atoms with Crippen molar-refractivity contribution in [2.24, 2.45) is 0 Å². The standard InChI is InChI=1S/C19H27N5S/c1-24(13-8-11-6-7-12(9-13)21-11)10-16-22-18(20)17-14-4-2-3-5-15(14)25-19(17)23-16/h11-13,21H,2-10H2,1H3,(H2,20,22,23). The van der Waals surface area contributed by atoms with E-state index in [4.69, 9.17) is 10.7 Å². The second kappa shape index (κ2) is 6.18. The molecule has 0 radical (unpaired) electrons. The molecule has 0 saturated carbocycles. The van der Waals surface area contributed by atoms with Gasteiger partial charge in [-0.1, -0.05) is 0 Å². The third-order valence-corrected chi connectivity index (χ3v) is 7.54. The molecule has 2 aromatic heterocycles. The minimum Gasteiger partial charge on any atom is -0.383 e. The Labute approximate surface area is 153 Å². The molecule has 2 unspecified atom stereocenters. The molecule has 2 bridgehead atoms. The first-order valence-electron chi connectivity index (χ1n) is 9.70.